The van der Waals surface area contributed by atoms with Crippen LogP contribution < -0.4 is 5.32 Å². The first-order chi connectivity index (χ1) is 6.95. The molecule has 0 saturated heterocycles. The molecule has 2 saturated carbocycles. The van der Waals surface area contributed by atoms with E-state index in [2.05, 4.69) is 5.32 Å². The summed E-state index contributed by atoms with van der Waals surface area (Å²) in [6.07, 6.45) is 9.52. The summed E-state index contributed by atoms with van der Waals surface area (Å²) in [5.41, 5.74) is 0. The molecule has 2 aliphatic carbocycles. The van der Waals surface area contributed by atoms with E-state index in [1.54, 1.807) is 0 Å². The Kier molecular flexibility index (Phi) is 4.26. The second kappa shape index (κ2) is 5.72. The lowest BCUT2D eigenvalue weighted by Crippen LogP contribution is -2.17. The van der Waals surface area contributed by atoms with Crippen LogP contribution in [0.3, 0.4) is 0 Å². The van der Waals surface area contributed by atoms with Gasteiger partial charge in [0.15, 0.2) is 0 Å². The molecule has 2 nitrogen and oxygen atoms in total. The minimum Gasteiger partial charge on any atom is -0.381 e. The molecular weight excluding hydrogens is 174 g/mol. The molecule has 0 aliphatic heterocycles. The number of rotatable bonds is 9. The highest BCUT2D eigenvalue weighted by Gasteiger charge is 2.20. The van der Waals surface area contributed by atoms with E-state index in [0.717, 1.165) is 25.2 Å². The van der Waals surface area contributed by atoms with Gasteiger partial charge in [0.2, 0.25) is 0 Å². The number of nitrogens with one attached hydrogen (secondary N) is 1. The first-order valence-electron chi connectivity index (χ1n) is 6.26. The molecule has 0 radical (unpaired) electrons. The van der Waals surface area contributed by atoms with Crippen molar-refractivity contribution < 1.29 is 4.74 Å². The van der Waals surface area contributed by atoms with E-state index in [4.69, 9.17) is 4.74 Å². The molecule has 82 valence electrons. The van der Waals surface area contributed by atoms with E-state index >= 15 is 0 Å². The van der Waals surface area contributed by atoms with Crippen molar-refractivity contribution in [3.8, 4) is 0 Å². The molecule has 0 aromatic carbocycles. The van der Waals surface area contributed by atoms with Crippen LogP contribution in [0.2, 0.25) is 0 Å². The Morgan fingerprint density at radius 2 is 1.86 bits per heavy atom. The number of hydrogen-bond acceptors (Lipinski definition) is 2. The number of hydrogen-bond donors (Lipinski definition) is 1. The van der Waals surface area contributed by atoms with Gasteiger partial charge in [-0.25, -0.2) is 0 Å². The van der Waals surface area contributed by atoms with Gasteiger partial charge < -0.3 is 10.1 Å². The first-order valence-corrected chi connectivity index (χ1v) is 6.26. The lowest BCUT2D eigenvalue weighted by atomic mass is 10.3. The third kappa shape index (κ3) is 4.97. The van der Waals surface area contributed by atoms with E-state index in [9.17, 15) is 0 Å². The Bertz CT molecular complexity index is 134. The van der Waals surface area contributed by atoms with Gasteiger partial charge in [-0.2, -0.15) is 0 Å². The predicted molar refractivity (Wildman–Crippen MR) is 58.4 cm³/mol. The highest BCUT2D eigenvalue weighted by atomic mass is 16.5. The zero-order chi connectivity index (χ0) is 9.64. The molecule has 0 heterocycles. The topological polar surface area (TPSA) is 21.3 Å². The van der Waals surface area contributed by atoms with Gasteiger partial charge >= 0.3 is 0 Å². The average Bonchev–Trinajstić information content (AvgIpc) is 3.00. The fourth-order valence-electron chi connectivity index (χ4n) is 1.68. The van der Waals surface area contributed by atoms with Gasteiger partial charge in [0, 0.05) is 19.3 Å². The lowest BCUT2D eigenvalue weighted by molar-refractivity contribution is 0.124. The van der Waals surface area contributed by atoms with Crippen LogP contribution in [0.4, 0.5) is 0 Å². The zero-order valence-electron chi connectivity index (χ0n) is 9.13. The smallest absolute Gasteiger partial charge is 0.0468 e. The van der Waals surface area contributed by atoms with Crippen molar-refractivity contribution in [3.63, 3.8) is 0 Å². The van der Waals surface area contributed by atoms with Crippen LogP contribution in [0.1, 0.15) is 44.9 Å². The van der Waals surface area contributed by atoms with Gasteiger partial charge in [-0.15, -0.1) is 0 Å². The van der Waals surface area contributed by atoms with Crippen LogP contribution in [0.25, 0.3) is 0 Å². The molecule has 14 heavy (non-hydrogen) atoms. The van der Waals surface area contributed by atoms with Crippen LogP contribution in [0.5, 0.6) is 0 Å². The maximum Gasteiger partial charge on any atom is 0.0468 e. The Morgan fingerprint density at radius 3 is 2.57 bits per heavy atom. The summed E-state index contributed by atoms with van der Waals surface area (Å²) in [7, 11) is 0. The van der Waals surface area contributed by atoms with Crippen LogP contribution in [0.15, 0.2) is 0 Å². The summed E-state index contributed by atoms with van der Waals surface area (Å²) in [5.74, 6) is 1.02. The molecule has 2 rings (SSSR count). The fourth-order valence-corrected chi connectivity index (χ4v) is 1.68. The minimum absolute atomic E-state index is 0.866. The number of ether oxygens (including phenoxy) is 1. The van der Waals surface area contributed by atoms with E-state index in [1.807, 2.05) is 0 Å². The summed E-state index contributed by atoms with van der Waals surface area (Å²) in [6.45, 7) is 3.16. The number of unbranched alkanes of at least 4 members (excludes halogenated alkanes) is 1. The highest BCUT2D eigenvalue weighted by Crippen LogP contribution is 2.32. The van der Waals surface area contributed by atoms with Crippen LogP contribution in [-0.2, 0) is 4.74 Å². The zero-order valence-corrected chi connectivity index (χ0v) is 9.13. The van der Waals surface area contributed by atoms with E-state index < -0.39 is 0 Å². The Balaban J connectivity index is 1.25. The van der Waals surface area contributed by atoms with E-state index in [-0.39, 0.29) is 0 Å². The quantitative estimate of drug-likeness (QED) is 0.573. The van der Waals surface area contributed by atoms with Crippen molar-refractivity contribution in [2.75, 3.05) is 19.8 Å². The summed E-state index contributed by atoms with van der Waals surface area (Å²) >= 11 is 0. The molecule has 2 fully saturated rings. The fraction of sp³-hybridized carbons (Fsp3) is 1.00. The van der Waals surface area contributed by atoms with Crippen molar-refractivity contribution >= 4 is 0 Å². The molecule has 0 aromatic rings. The van der Waals surface area contributed by atoms with Gasteiger partial charge in [0.25, 0.3) is 0 Å². The maximum atomic E-state index is 5.58. The molecule has 2 heteroatoms. The predicted octanol–water partition coefficient (Wildman–Crippen LogP) is 2.34. The molecule has 2 aliphatic rings. The molecule has 0 atom stereocenters. The van der Waals surface area contributed by atoms with Crippen molar-refractivity contribution in [2.45, 2.75) is 51.0 Å². The molecule has 0 spiro atoms. The maximum absolute atomic E-state index is 5.58. The third-order valence-corrected chi connectivity index (χ3v) is 3.09. The van der Waals surface area contributed by atoms with Crippen molar-refractivity contribution in [2.24, 2.45) is 5.92 Å². The molecule has 1 N–H and O–H groups in total. The van der Waals surface area contributed by atoms with E-state index in [1.165, 1.54) is 51.5 Å². The lowest BCUT2D eigenvalue weighted by Gasteiger charge is -2.04. The second-order valence-electron chi connectivity index (χ2n) is 4.78. The summed E-state index contributed by atoms with van der Waals surface area (Å²) in [4.78, 5) is 0. The molecule has 0 unspecified atom stereocenters. The van der Waals surface area contributed by atoms with Crippen molar-refractivity contribution in [1.82, 2.24) is 5.32 Å². The van der Waals surface area contributed by atoms with Crippen LogP contribution in [0, 0.1) is 5.92 Å². The first kappa shape index (κ1) is 10.4. The Hall–Kier alpha value is -0.0800. The van der Waals surface area contributed by atoms with Crippen molar-refractivity contribution in [3.05, 3.63) is 0 Å². The Morgan fingerprint density at radius 1 is 1.00 bits per heavy atom. The van der Waals surface area contributed by atoms with Crippen LogP contribution in [-0.4, -0.2) is 25.8 Å². The average molecular weight is 197 g/mol. The minimum atomic E-state index is 0.866. The largest absolute Gasteiger partial charge is 0.381 e. The standard InChI is InChI=1S/C12H23NO/c1(8-13-12-5-6-12)2-9-14-10-7-11-3-4-11/h11-13H,1-10H2. The van der Waals surface area contributed by atoms with Gasteiger partial charge in [0.05, 0.1) is 0 Å². The van der Waals surface area contributed by atoms with Crippen LogP contribution >= 0.6 is 0 Å². The molecule has 0 amide bonds. The second-order valence-corrected chi connectivity index (χ2v) is 4.78. The summed E-state index contributed by atoms with van der Waals surface area (Å²) in [5, 5.41) is 3.52. The molecule has 0 aromatic heterocycles. The Labute approximate surface area is 87.4 Å². The van der Waals surface area contributed by atoms with E-state index in [0.29, 0.717) is 0 Å². The SMILES string of the molecule is C(CCOCCC1CC1)CNC1CC1. The molecule has 0 bridgehead atoms. The monoisotopic (exact) mass is 197 g/mol. The van der Waals surface area contributed by atoms with Gasteiger partial charge in [-0.3, -0.25) is 0 Å². The summed E-state index contributed by atoms with van der Waals surface area (Å²) in [6, 6.07) is 0.866. The third-order valence-electron chi connectivity index (χ3n) is 3.09. The summed E-state index contributed by atoms with van der Waals surface area (Å²) < 4.78 is 5.58. The molecular formula is C12H23NO. The van der Waals surface area contributed by atoms with Gasteiger partial charge in [-0.05, 0) is 44.6 Å². The van der Waals surface area contributed by atoms with Crippen molar-refractivity contribution in [1.29, 1.82) is 0 Å². The normalized spacial score (nSPS) is 21.4. The van der Waals surface area contributed by atoms with Gasteiger partial charge in [-0.1, -0.05) is 12.8 Å². The highest BCUT2D eigenvalue weighted by molar-refractivity contribution is 4.80. The van der Waals surface area contributed by atoms with Gasteiger partial charge in [0.1, 0.15) is 0 Å².